The molecule has 0 saturated heterocycles. The van der Waals surface area contributed by atoms with Crippen LogP contribution in [-0.2, 0) is 22.7 Å². The lowest BCUT2D eigenvalue weighted by Crippen LogP contribution is -2.42. The van der Waals surface area contributed by atoms with Crippen molar-refractivity contribution in [1.82, 2.24) is 14.5 Å². The van der Waals surface area contributed by atoms with E-state index < -0.39 is 16.8 Å². The Kier molecular flexibility index (Phi) is 4.22. The normalized spacial score (nSPS) is 16.4. The molecular weight excluding hydrogens is 328 g/mol. The second-order valence-electron chi connectivity index (χ2n) is 5.90. The summed E-state index contributed by atoms with van der Waals surface area (Å²) in [6, 6.07) is 7.15. The van der Waals surface area contributed by atoms with Gasteiger partial charge in [-0.3, -0.25) is 14.2 Å². The minimum Gasteiger partial charge on any atom is -0.481 e. The molecule has 9 nitrogen and oxygen atoms in total. The fraction of sp³-hybridized carbons (Fsp3) is 0.312. The van der Waals surface area contributed by atoms with Crippen LogP contribution in [-0.4, -0.2) is 42.9 Å². The van der Waals surface area contributed by atoms with Crippen LogP contribution in [0.25, 0.3) is 0 Å². The SMILES string of the molecule is Cc1nc([N+](=O)[O-])cn1CC(=O)N1Cc2ccccc2C(C(=O)O)C1. The molecule has 1 unspecified atom stereocenters. The van der Waals surface area contributed by atoms with Gasteiger partial charge < -0.3 is 20.1 Å². The standard InChI is InChI=1S/C16H16N4O5/c1-10-17-14(20(24)25)8-18(10)9-15(21)19-6-11-4-2-3-5-12(11)13(7-19)16(22)23/h2-5,8,13H,6-7,9H2,1H3,(H,22,23). The van der Waals surface area contributed by atoms with Crippen LogP contribution in [0.4, 0.5) is 5.82 Å². The smallest absolute Gasteiger partial charge is 0.381 e. The zero-order valence-corrected chi connectivity index (χ0v) is 13.5. The number of aliphatic carboxylic acids is 1. The molecule has 0 saturated carbocycles. The molecule has 9 heteroatoms. The molecule has 0 bridgehead atoms. The van der Waals surface area contributed by atoms with Crippen LogP contribution >= 0.6 is 0 Å². The average Bonchev–Trinajstić information content (AvgIpc) is 2.94. The lowest BCUT2D eigenvalue weighted by atomic mass is 9.90. The number of benzene rings is 1. The average molecular weight is 344 g/mol. The van der Waals surface area contributed by atoms with Gasteiger partial charge in [-0.2, -0.15) is 0 Å². The number of carbonyl (C=O) groups excluding carboxylic acids is 1. The summed E-state index contributed by atoms with van der Waals surface area (Å²) < 4.78 is 1.40. The van der Waals surface area contributed by atoms with E-state index in [1.54, 1.807) is 31.2 Å². The quantitative estimate of drug-likeness (QED) is 0.660. The van der Waals surface area contributed by atoms with Crippen molar-refractivity contribution in [1.29, 1.82) is 0 Å². The molecule has 1 atom stereocenters. The van der Waals surface area contributed by atoms with Crippen molar-refractivity contribution in [2.24, 2.45) is 0 Å². The van der Waals surface area contributed by atoms with E-state index in [0.29, 0.717) is 17.9 Å². The molecule has 1 N–H and O–H groups in total. The number of aromatic nitrogens is 2. The Morgan fingerprint density at radius 1 is 1.40 bits per heavy atom. The van der Waals surface area contributed by atoms with Crippen LogP contribution in [0.2, 0.25) is 0 Å². The van der Waals surface area contributed by atoms with E-state index in [1.807, 2.05) is 0 Å². The van der Waals surface area contributed by atoms with Gasteiger partial charge in [-0.1, -0.05) is 24.3 Å². The molecule has 25 heavy (non-hydrogen) atoms. The Balaban J connectivity index is 1.81. The van der Waals surface area contributed by atoms with Crippen molar-refractivity contribution >= 4 is 17.7 Å². The number of carboxylic acid groups (broad SMARTS) is 1. The van der Waals surface area contributed by atoms with E-state index in [0.717, 1.165) is 5.56 Å². The van der Waals surface area contributed by atoms with Crippen LogP contribution < -0.4 is 0 Å². The highest BCUT2D eigenvalue weighted by Crippen LogP contribution is 2.28. The molecule has 3 rings (SSSR count). The summed E-state index contributed by atoms with van der Waals surface area (Å²) in [7, 11) is 0. The van der Waals surface area contributed by atoms with Crippen molar-refractivity contribution in [2.45, 2.75) is 25.9 Å². The highest BCUT2D eigenvalue weighted by molar-refractivity contribution is 5.81. The molecule has 0 spiro atoms. The zero-order valence-electron chi connectivity index (χ0n) is 13.5. The fourth-order valence-electron chi connectivity index (χ4n) is 2.99. The highest BCUT2D eigenvalue weighted by atomic mass is 16.6. The number of carboxylic acids is 1. The Hall–Kier alpha value is -3.23. The van der Waals surface area contributed by atoms with Gasteiger partial charge in [0.15, 0.2) is 0 Å². The van der Waals surface area contributed by atoms with Crippen molar-refractivity contribution in [2.75, 3.05) is 6.54 Å². The first kappa shape index (κ1) is 16.6. The summed E-state index contributed by atoms with van der Waals surface area (Å²) in [5.41, 5.74) is 1.51. The van der Waals surface area contributed by atoms with E-state index in [-0.39, 0.29) is 24.8 Å². The first-order valence-corrected chi connectivity index (χ1v) is 7.63. The predicted octanol–water partition coefficient (Wildman–Crippen LogP) is 1.31. The minimum atomic E-state index is -0.987. The van der Waals surface area contributed by atoms with Crippen LogP contribution in [0.5, 0.6) is 0 Å². The summed E-state index contributed by atoms with van der Waals surface area (Å²) in [5, 5.41) is 20.2. The number of hydrogen-bond acceptors (Lipinski definition) is 5. The van der Waals surface area contributed by atoms with Crippen molar-refractivity contribution in [3.05, 3.63) is 57.5 Å². The molecule has 0 fully saturated rings. The number of nitrogens with zero attached hydrogens (tertiary/aromatic N) is 4. The molecule has 130 valence electrons. The number of rotatable bonds is 4. The van der Waals surface area contributed by atoms with E-state index in [9.17, 15) is 24.8 Å². The van der Waals surface area contributed by atoms with Crippen LogP contribution in [0, 0.1) is 17.0 Å². The number of aryl methyl sites for hydroxylation is 1. The van der Waals surface area contributed by atoms with Gasteiger partial charge >= 0.3 is 11.8 Å². The maximum atomic E-state index is 12.6. The number of nitro groups is 1. The second-order valence-corrected chi connectivity index (χ2v) is 5.90. The molecule has 1 aromatic carbocycles. The van der Waals surface area contributed by atoms with Crippen molar-refractivity contribution < 1.29 is 19.6 Å². The number of imidazole rings is 1. The minimum absolute atomic E-state index is 0.0705. The topological polar surface area (TPSA) is 119 Å². The Morgan fingerprint density at radius 3 is 2.76 bits per heavy atom. The Labute approximate surface area is 142 Å². The summed E-state index contributed by atoms with van der Waals surface area (Å²) in [6.07, 6.45) is 1.21. The van der Waals surface area contributed by atoms with Crippen molar-refractivity contribution in [3.8, 4) is 0 Å². The largest absolute Gasteiger partial charge is 0.481 e. The van der Waals surface area contributed by atoms with Gasteiger partial charge in [0.05, 0.1) is 5.92 Å². The molecule has 0 radical (unpaired) electrons. The summed E-state index contributed by atoms with van der Waals surface area (Å²) in [4.78, 5) is 39.5. The maximum Gasteiger partial charge on any atom is 0.381 e. The number of amides is 1. The summed E-state index contributed by atoms with van der Waals surface area (Å²) in [6.45, 7) is 1.84. The molecule has 2 heterocycles. The third-order valence-corrected chi connectivity index (χ3v) is 4.30. The molecule has 1 aliphatic heterocycles. The maximum absolute atomic E-state index is 12.6. The highest BCUT2D eigenvalue weighted by Gasteiger charge is 2.32. The fourth-order valence-corrected chi connectivity index (χ4v) is 2.99. The molecular formula is C16H16N4O5. The number of carbonyl (C=O) groups is 2. The second kappa shape index (κ2) is 6.34. The van der Waals surface area contributed by atoms with Gasteiger partial charge in [0.25, 0.3) is 0 Å². The lowest BCUT2D eigenvalue weighted by molar-refractivity contribution is -0.389. The lowest BCUT2D eigenvalue weighted by Gasteiger charge is -2.32. The summed E-state index contributed by atoms with van der Waals surface area (Å²) in [5.74, 6) is -2.05. The number of hydrogen-bond donors (Lipinski definition) is 1. The van der Waals surface area contributed by atoms with Crippen LogP contribution in [0.15, 0.2) is 30.5 Å². The summed E-state index contributed by atoms with van der Waals surface area (Å²) >= 11 is 0. The first-order valence-electron chi connectivity index (χ1n) is 7.63. The molecule has 1 aliphatic rings. The van der Waals surface area contributed by atoms with Gasteiger partial charge in [0.1, 0.15) is 12.7 Å². The Morgan fingerprint density at radius 2 is 2.12 bits per heavy atom. The molecule has 1 amide bonds. The molecule has 2 aromatic rings. The third-order valence-electron chi connectivity index (χ3n) is 4.30. The molecule has 1 aromatic heterocycles. The first-order chi connectivity index (χ1) is 11.9. The van der Waals surface area contributed by atoms with Crippen molar-refractivity contribution in [3.63, 3.8) is 0 Å². The Bertz CT molecular complexity index is 860. The third kappa shape index (κ3) is 3.21. The van der Waals surface area contributed by atoms with E-state index in [4.69, 9.17) is 0 Å². The monoisotopic (exact) mass is 344 g/mol. The van der Waals surface area contributed by atoms with Gasteiger partial charge in [0.2, 0.25) is 11.7 Å². The van der Waals surface area contributed by atoms with Gasteiger partial charge in [-0.15, -0.1) is 0 Å². The van der Waals surface area contributed by atoms with Crippen LogP contribution in [0.3, 0.4) is 0 Å². The van der Waals surface area contributed by atoms with Crippen LogP contribution in [0.1, 0.15) is 22.9 Å². The predicted molar refractivity (Wildman–Crippen MR) is 85.9 cm³/mol. The zero-order chi connectivity index (χ0) is 18.1. The number of fused-ring (bicyclic) bond motifs is 1. The van der Waals surface area contributed by atoms with E-state index >= 15 is 0 Å². The van der Waals surface area contributed by atoms with E-state index in [2.05, 4.69) is 4.98 Å². The van der Waals surface area contributed by atoms with Gasteiger partial charge in [0, 0.05) is 20.0 Å². The van der Waals surface area contributed by atoms with Gasteiger partial charge in [-0.25, -0.2) is 0 Å². The molecule has 0 aliphatic carbocycles. The van der Waals surface area contributed by atoms with E-state index in [1.165, 1.54) is 15.7 Å². The van der Waals surface area contributed by atoms with Gasteiger partial charge in [-0.05, 0) is 21.0 Å².